The van der Waals surface area contributed by atoms with E-state index in [1.807, 2.05) is 6.92 Å². The number of halogens is 2. The van der Waals surface area contributed by atoms with Gasteiger partial charge >= 0.3 is 0 Å². The molecule has 0 radical (unpaired) electrons. The average Bonchev–Trinajstić information content (AvgIpc) is 2.38. The smallest absolute Gasteiger partial charge is 0.272 e. The number of pyridine rings is 1. The fraction of sp³-hybridized carbons (Fsp3) is 0.500. The van der Waals surface area contributed by atoms with E-state index in [0.717, 1.165) is 0 Å². The van der Waals surface area contributed by atoms with E-state index in [1.54, 1.807) is 17.0 Å². The lowest BCUT2D eigenvalue weighted by Gasteiger charge is -2.35. The van der Waals surface area contributed by atoms with E-state index < -0.39 is 0 Å². The Morgan fingerprint density at radius 1 is 1.56 bits per heavy atom. The van der Waals surface area contributed by atoms with Gasteiger partial charge in [0.2, 0.25) is 0 Å². The zero-order chi connectivity index (χ0) is 13.1. The third-order valence-corrected chi connectivity index (χ3v) is 3.30. The highest BCUT2D eigenvalue weighted by atomic mass is 35.5. The molecule has 2 atom stereocenters. The minimum absolute atomic E-state index is 0.0150. The van der Waals surface area contributed by atoms with Crippen molar-refractivity contribution in [2.75, 3.05) is 19.0 Å². The fourth-order valence-corrected chi connectivity index (χ4v) is 2.24. The van der Waals surface area contributed by atoms with Crippen molar-refractivity contribution in [1.29, 1.82) is 0 Å². The van der Waals surface area contributed by atoms with Gasteiger partial charge in [0.15, 0.2) is 0 Å². The first kappa shape index (κ1) is 13.6. The van der Waals surface area contributed by atoms with E-state index >= 15 is 0 Å². The predicted molar refractivity (Wildman–Crippen MR) is 70.2 cm³/mol. The number of nitrogens with zero attached hydrogens (tertiary/aromatic N) is 2. The van der Waals surface area contributed by atoms with Gasteiger partial charge in [0, 0.05) is 19.3 Å². The van der Waals surface area contributed by atoms with Crippen LogP contribution < -0.4 is 0 Å². The van der Waals surface area contributed by atoms with Gasteiger partial charge in [0.05, 0.1) is 23.1 Å². The van der Waals surface area contributed by atoms with E-state index in [4.69, 9.17) is 27.9 Å². The first-order chi connectivity index (χ1) is 8.60. The van der Waals surface area contributed by atoms with Crippen molar-refractivity contribution < 1.29 is 9.53 Å². The van der Waals surface area contributed by atoms with Crippen LogP contribution in [-0.4, -0.2) is 47.0 Å². The Labute approximate surface area is 116 Å². The quantitative estimate of drug-likeness (QED) is 0.784. The number of alkyl halides is 1. The molecule has 1 fully saturated rings. The number of carbonyl (C=O) groups is 1. The van der Waals surface area contributed by atoms with Crippen molar-refractivity contribution >= 4 is 29.1 Å². The molecular weight excluding hydrogens is 275 g/mol. The first-order valence-electron chi connectivity index (χ1n) is 5.72. The van der Waals surface area contributed by atoms with E-state index in [0.29, 0.717) is 29.7 Å². The summed E-state index contributed by atoms with van der Waals surface area (Å²) in [5, 5.41) is 0.514. The summed E-state index contributed by atoms with van der Waals surface area (Å²) in [6.07, 6.45) is 1.34. The maximum Gasteiger partial charge on any atom is 0.272 e. The van der Waals surface area contributed by atoms with Gasteiger partial charge in [0.25, 0.3) is 5.91 Å². The Morgan fingerprint density at radius 2 is 2.33 bits per heavy atom. The lowest BCUT2D eigenvalue weighted by molar-refractivity contribution is -0.0571. The molecular formula is C12H14Cl2N2O2. The van der Waals surface area contributed by atoms with Crippen LogP contribution >= 0.6 is 23.2 Å². The van der Waals surface area contributed by atoms with Crippen LogP contribution in [0.3, 0.4) is 0 Å². The van der Waals surface area contributed by atoms with Gasteiger partial charge in [-0.25, -0.2) is 4.98 Å². The molecule has 0 N–H and O–H groups in total. The van der Waals surface area contributed by atoms with Crippen LogP contribution in [0.2, 0.25) is 5.02 Å². The fourth-order valence-electron chi connectivity index (χ4n) is 1.96. The molecule has 1 saturated heterocycles. The molecule has 1 aromatic rings. The molecule has 6 heteroatoms. The van der Waals surface area contributed by atoms with Crippen molar-refractivity contribution in [2.45, 2.75) is 19.1 Å². The Hall–Kier alpha value is -0.840. The van der Waals surface area contributed by atoms with Crippen molar-refractivity contribution in [3.63, 3.8) is 0 Å². The summed E-state index contributed by atoms with van der Waals surface area (Å²) in [5.74, 6) is 0.263. The van der Waals surface area contributed by atoms with Crippen LogP contribution in [0.4, 0.5) is 0 Å². The molecule has 4 nitrogen and oxygen atoms in total. The second kappa shape index (κ2) is 5.87. The highest BCUT2D eigenvalue weighted by Crippen LogP contribution is 2.15. The number of rotatable bonds is 2. The summed E-state index contributed by atoms with van der Waals surface area (Å²) in [6.45, 7) is 2.97. The molecule has 0 saturated carbocycles. The maximum atomic E-state index is 12.2. The third kappa shape index (κ3) is 3.13. The van der Waals surface area contributed by atoms with Crippen molar-refractivity contribution in [3.8, 4) is 0 Å². The first-order valence-corrected chi connectivity index (χ1v) is 6.63. The van der Waals surface area contributed by atoms with Gasteiger partial charge < -0.3 is 9.64 Å². The molecule has 0 aliphatic carbocycles. The molecule has 2 unspecified atom stereocenters. The monoisotopic (exact) mass is 288 g/mol. The third-order valence-electron chi connectivity index (χ3n) is 2.73. The van der Waals surface area contributed by atoms with Crippen LogP contribution in [0.15, 0.2) is 18.3 Å². The molecule has 18 heavy (non-hydrogen) atoms. The van der Waals surface area contributed by atoms with Crippen LogP contribution in [0.25, 0.3) is 0 Å². The molecule has 0 aromatic carbocycles. The Kier molecular flexibility index (Phi) is 4.43. The molecule has 0 bridgehead atoms. The molecule has 98 valence electrons. The largest absolute Gasteiger partial charge is 0.370 e. The molecule has 1 aliphatic heterocycles. The summed E-state index contributed by atoms with van der Waals surface area (Å²) in [4.78, 5) is 18.0. The van der Waals surface area contributed by atoms with Crippen LogP contribution in [0, 0.1) is 0 Å². The van der Waals surface area contributed by atoms with E-state index in [1.165, 1.54) is 6.20 Å². The maximum absolute atomic E-state index is 12.2. The van der Waals surface area contributed by atoms with Gasteiger partial charge in [-0.1, -0.05) is 11.6 Å². The summed E-state index contributed by atoms with van der Waals surface area (Å²) in [5.41, 5.74) is 0.391. The van der Waals surface area contributed by atoms with Crippen LogP contribution in [0.1, 0.15) is 17.4 Å². The predicted octanol–water partition coefficient (Wildman–Crippen LogP) is 2.20. The van der Waals surface area contributed by atoms with E-state index in [9.17, 15) is 4.79 Å². The number of hydrogen-bond acceptors (Lipinski definition) is 3. The second-order valence-electron chi connectivity index (χ2n) is 4.29. The van der Waals surface area contributed by atoms with Gasteiger partial charge in [0.1, 0.15) is 5.69 Å². The second-order valence-corrected chi connectivity index (χ2v) is 5.04. The molecule has 1 aliphatic rings. The summed E-state index contributed by atoms with van der Waals surface area (Å²) < 4.78 is 5.60. The Morgan fingerprint density at radius 3 is 2.94 bits per heavy atom. The van der Waals surface area contributed by atoms with Gasteiger partial charge in [-0.15, -0.1) is 11.6 Å². The summed E-state index contributed by atoms with van der Waals surface area (Å²) >= 11 is 11.5. The van der Waals surface area contributed by atoms with Gasteiger partial charge in [-0.3, -0.25) is 4.79 Å². The van der Waals surface area contributed by atoms with E-state index in [-0.39, 0.29) is 18.1 Å². The molecule has 1 amide bonds. The number of amides is 1. The summed E-state index contributed by atoms with van der Waals surface area (Å²) in [7, 11) is 0. The number of carbonyl (C=O) groups excluding carboxylic acids is 1. The molecule has 1 aromatic heterocycles. The zero-order valence-corrected chi connectivity index (χ0v) is 11.5. The van der Waals surface area contributed by atoms with Crippen molar-refractivity contribution in [2.24, 2.45) is 0 Å². The lowest BCUT2D eigenvalue weighted by atomic mass is 10.2. The topological polar surface area (TPSA) is 42.4 Å². The highest BCUT2D eigenvalue weighted by molar-refractivity contribution is 6.30. The lowest BCUT2D eigenvalue weighted by Crippen LogP contribution is -2.49. The van der Waals surface area contributed by atoms with Gasteiger partial charge in [-0.2, -0.15) is 0 Å². The SMILES string of the molecule is CC1CN(C(=O)c2ccc(Cl)cn2)CC(CCl)O1. The number of aromatic nitrogens is 1. The minimum atomic E-state index is -0.119. The van der Waals surface area contributed by atoms with Crippen LogP contribution in [0.5, 0.6) is 0 Å². The normalized spacial score (nSPS) is 24.1. The van der Waals surface area contributed by atoms with Crippen LogP contribution in [-0.2, 0) is 4.74 Å². The summed E-state index contributed by atoms with van der Waals surface area (Å²) in [6, 6.07) is 3.28. The minimum Gasteiger partial charge on any atom is -0.370 e. The van der Waals surface area contributed by atoms with Gasteiger partial charge in [-0.05, 0) is 19.1 Å². The van der Waals surface area contributed by atoms with Crippen molar-refractivity contribution in [1.82, 2.24) is 9.88 Å². The molecule has 2 heterocycles. The average molecular weight is 289 g/mol. The Bertz CT molecular complexity index is 425. The number of morpholine rings is 1. The number of ether oxygens (including phenoxy) is 1. The zero-order valence-electron chi connectivity index (χ0n) is 9.97. The van der Waals surface area contributed by atoms with E-state index in [2.05, 4.69) is 4.98 Å². The van der Waals surface area contributed by atoms with Crippen molar-refractivity contribution in [3.05, 3.63) is 29.0 Å². The number of hydrogen-bond donors (Lipinski definition) is 0. The molecule has 2 rings (SSSR count). The molecule has 0 spiro atoms. The highest BCUT2D eigenvalue weighted by Gasteiger charge is 2.28. The Balaban J connectivity index is 2.10. The standard InChI is InChI=1S/C12H14Cl2N2O2/c1-8-6-16(7-10(4-13)18-8)12(17)11-3-2-9(14)5-15-11/h2-3,5,8,10H,4,6-7H2,1H3.